The lowest BCUT2D eigenvalue weighted by molar-refractivity contribution is 0.0939. The molecule has 0 radical (unpaired) electrons. The first kappa shape index (κ1) is 11.7. The van der Waals surface area contributed by atoms with E-state index in [1.54, 1.807) is 6.07 Å². The molecule has 0 spiro atoms. The van der Waals surface area contributed by atoms with Crippen molar-refractivity contribution in [2.45, 2.75) is 13.0 Å². The zero-order valence-corrected chi connectivity index (χ0v) is 9.78. The zero-order chi connectivity index (χ0) is 11.3. The van der Waals surface area contributed by atoms with Crippen molar-refractivity contribution < 1.29 is 4.79 Å². The fraction of sp³-hybridized carbons (Fsp3) is 0.300. The molecule has 1 N–H and O–H groups in total. The second-order valence-electron chi connectivity index (χ2n) is 3.07. The Morgan fingerprint density at radius 3 is 2.93 bits per heavy atom. The van der Waals surface area contributed by atoms with Crippen LogP contribution in [0.2, 0.25) is 0 Å². The molecule has 15 heavy (non-hydrogen) atoms. The Bertz CT molecular complexity index is 383. The van der Waals surface area contributed by atoms with E-state index in [9.17, 15) is 4.79 Å². The van der Waals surface area contributed by atoms with Crippen LogP contribution in [0.3, 0.4) is 0 Å². The number of rotatable bonds is 3. The third kappa shape index (κ3) is 3.33. The van der Waals surface area contributed by atoms with E-state index in [-0.39, 0.29) is 11.9 Å². The molecule has 0 saturated carbocycles. The standard InChI is InChI=1S/C10H10BrN3O/c1-7(4-11)14-10(15)9-3-2-8(5-12)6-13-9/h2-3,6-7H,4H2,1H3,(H,14,15). The quantitative estimate of drug-likeness (QED) is 0.844. The maximum Gasteiger partial charge on any atom is 0.270 e. The van der Waals surface area contributed by atoms with Crippen LogP contribution in [0.5, 0.6) is 0 Å². The van der Waals surface area contributed by atoms with Crippen molar-refractivity contribution in [3.8, 4) is 6.07 Å². The summed E-state index contributed by atoms with van der Waals surface area (Å²) in [5, 5.41) is 12.0. The second kappa shape index (κ2) is 5.47. The molecule has 5 heteroatoms. The van der Waals surface area contributed by atoms with Crippen molar-refractivity contribution in [2.75, 3.05) is 5.33 Å². The first-order valence-corrected chi connectivity index (χ1v) is 5.52. The lowest BCUT2D eigenvalue weighted by Gasteiger charge is -2.09. The van der Waals surface area contributed by atoms with Crippen molar-refractivity contribution in [2.24, 2.45) is 0 Å². The van der Waals surface area contributed by atoms with Crippen molar-refractivity contribution in [3.63, 3.8) is 0 Å². The van der Waals surface area contributed by atoms with Gasteiger partial charge in [0.2, 0.25) is 0 Å². The summed E-state index contributed by atoms with van der Waals surface area (Å²) in [7, 11) is 0. The molecule has 1 amide bonds. The van der Waals surface area contributed by atoms with Crippen LogP contribution >= 0.6 is 15.9 Å². The van der Waals surface area contributed by atoms with Crippen molar-refractivity contribution in [1.29, 1.82) is 5.26 Å². The molecule has 1 unspecified atom stereocenters. The lowest BCUT2D eigenvalue weighted by atomic mass is 10.2. The summed E-state index contributed by atoms with van der Waals surface area (Å²) in [5.74, 6) is -0.230. The van der Waals surface area contributed by atoms with Gasteiger partial charge in [0, 0.05) is 17.6 Å². The summed E-state index contributed by atoms with van der Waals surface area (Å²) in [6.45, 7) is 1.89. The normalized spacial score (nSPS) is 11.5. The molecule has 0 fully saturated rings. The molecule has 0 aliphatic rings. The van der Waals surface area contributed by atoms with E-state index in [0.29, 0.717) is 16.6 Å². The van der Waals surface area contributed by atoms with E-state index in [1.165, 1.54) is 12.3 Å². The monoisotopic (exact) mass is 267 g/mol. The summed E-state index contributed by atoms with van der Waals surface area (Å²) in [6.07, 6.45) is 1.38. The molecule has 0 aliphatic heterocycles. The molecule has 78 valence electrons. The number of carbonyl (C=O) groups excluding carboxylic acids is 1. The van der Waals surface area contributed by atoms with E-state index < -0.39 is 0 Å². The Morgan fingerprint density at radius 1 is 1.73 bits per heavy atom. The Hall–Kier alpha value is -1.41. The number of hydrogen-bond acceptors (Lipinski definition) is 3. The van der Waals surface area contributed by atoms with Gasteiger partial charge in [-0.2, -0.15) is 5.26 Å². The molecule has 1 aromatic heterocycles. The zero-order valence-electron chi connectivity index (χ0n) is 8.20. The predicted octanol–water partition coefficient (Wildman–Crippen LogP) is 1.47. The van der Waals surface area contributed by atoms with E-state index in [1.807, 2.05) is 13.0 Å². The minimum Gasteiger partial charge on any atom is -0.347 e. The summed E-state index contributed by atoms with van der Waals surface area (Å²) >= 11 is 3.26. The highest BCUT2D eigenvalue weighted by Crippen LogP contribution is 1.99. The SMILES string of the molecule is CC(CBr)NC(=O)c1ccc(C#N)cn1. The summed E-state index contributed by atoms with van der Waals surface area (Å²) in [6, 6.07) is 5.10. The fourth-order valence-electron chi connectivity index (χ4n) is 0.931. The third-order valence-corrected chi connectivity index (χ3v) is 2.71. The van der Waals surface area contributed by atoms with Gasteiger partial charge in [-0.25, -0.2) is 4.98 Å². The number of aromatic nitrogens is 1. The van der Waals surface area contributed by atoms with E-state index in [2.05, 4.69) is 26.2 Å². The van der Waals surface area contributed by atoms with Crippen LogP contribution in [0.4, 0.5) is 0 Å². The average molecular weight is 268 g/mol. The number of nitrogens with zero attached hydrogens (tertiary/aromatic N) is 2. The summed E-state index contributed by atoms with van der Waals surface area (Å²) < 4.78 is 0. The summed E-state index contributed by atoms with van der Waals surface area (Å²) in [4.78, 5) is 15.4. The molecule has 0 aliphatic carbocycles. The van der Waals surface area contributed by atoms with Crippen molar-refractivity contribution in [1.82, 2.24) is 10.3 Å². The minimum absolute atomic E-state index is 0.0509. The number of pyridine rings is 1. The van der Waals surface area contributed by atoms with E-state index >= 15 is 0 Å². The van der Waals surface area contributed by atoms with Crippen LogP contribution in [0.25, 0.3) is 0 Å². The highest BCUT2D eigenvalue weighted by molar-refractivity contribution is 9.09. The number of carbonyl (C=O) groups is 1. The number of nitriles is 1. The summed E-state index contributed by atoms with van der Waals surface area (Å²) in [5.41, 5.74) is 0.766. The topological polar surface area (TPSA) is 65.8 Å². The van der Waals surface area contributed by atoms with E-state index in [4.69, 9.17) is 5.26 Å². The second-order valence-corrected chi connectivity index (χ2v) is 3.72. The smallest absolute Gasteiger partial charge is 0.270 e. The Kier molecular flexibility index (Phi) is 4.25. The molecular formula is C10H10BrN3O. The lowest BCUT2D eigenvalue weighted by Crippen LogP contribution is -2.34. The maximum atomic E-state index is 11.5. The Labute approximate surface area is 96.4 Å². The van der Waals surface area contributed by atoms with Gasteiger partial charge in [-0.15, -0.1) is 0 Å². The van der Waals surface area contributed by atoms with Crippen LogP contribution in [0.15, 0.2) is 18.3 Å². The van der Waals surface area contributed by atoms with Gasteiger partial charge in [0.15, 0.2) is 0 Å². The van der Waals surface area contributed by atoms with Crippen LogP contribution in [-0.2, 0) is 0 Å². The van der Waals surface area contributed by atoms with Gasteiger partial charge >= 0.3 is 0 Å². The molecule has 1 atom stereocenters. The molecule has 1 aromatic rings. The molecular weight excluding hydrogens is 258 g/mol. The average Bonchev–Trinajstić information content (AvgIpc) is 2.29. The number of halogens is 1. The van der Waals surface area contributed by atoms with Gasteiger partial charge in [0.25, 0.3) is 5.91 Å². The molecule has 0 bridgehead atoms. The van der Waals surface area contributed by atoms with Gasteiger partial charge in [-0.05, 0) is 19.1 Å². The maximum absolute atomic E-state index is 11.5. The molecule has 0 saturated heterocycles. The van der Waals surface area contributed by atoms with Crippen LogP contribution in [0.1, 0.15) is 23.0 Å². The minimum atomic E-state index is -0.230. The highest BCUT2D eigenvalue weighted by atomic mass is 79.9. The van der Waals surface area contributed by atoms with Crippen molar-refractivity contribution >= 4 is 21.8 Å². The molecule has 0 aromatic carbocycles. The van der Waals surface area contributed by atoms with Gasteiger partial charge in [-0.3, -0.25) is 4.79 Å². The van der Waals surface area contributed by atoms with E-state index in [0.717, 1.165) is 0 Å². The van der Waals surface area contributed by atoms with Crippen LogP contribution < -0.4 is 5.32 Å². The van der Waals surface area contributed by atoms with Gasteiger partial charge in [0.05, 0.1) is 5.56 Å². The number of hydrogen-bond donors (Lipinski definition) is 1. The Morgan fingerprint density at radius 2 is 2.47 bits per heavy atom. The highest BCUT2D eigenvalue weighted by Gasteiger charge is 2.09. The Balaban J connectivity index is 2.71. The number of nitrogens with one attached hydrogen (secondary N) is 1. The first-order valence-electron chi connectivity index (χ1n) is 4.40. The largest absolute Gasteiger partial charge is 0.347 e. The van der Waals surface area contributed by atoms with Gasteiger partial charge < -0.3 is 5.32 Å². The first-order chi connectivity index (χ1) is 7.17. The van der Waals surface area contributed by atoms with Crippen LogP contribution in [-0.4, -0.2) is 22.3 Å². The fourth-order valence-corrected chi connectivity index (χ4v) is 1.09. The van der Waals surface area contributed by atoms with Crippen molar-refractivity contribution in [3.05, 3.63) is 29.6 Å². The molecule has 4 nitrogen and oxygen atoms in total. The van der Waals surface area contributed by atoms with Crippen LogP contribution in [0, 0.1) is 11.3 Å². The van der Waals surface area contributed by atoms with Gasteiger partial charge in [0.1, 0.15) is 11.8 Å². The third-order valence-electron chi connectivity index (χ3n) is 1.73. The number of alkyl halides is 1. The predicted molar refractivity (Wildman–Crippen MR) is 59.7 cm³/mol. The number of amides is 1. The van der Waals surface area contributed by atoms with Gasteiger partial charge in [-0.1, -0.05) is 15.9 Å². The molecule has 1 rings (SSSR count). The molecule has 1 heterocycles.